The van der Waals surface area contributed by atoms with Crippen molar-refractivity contribution in [2.45, 2.75) is 20.3 Å². The van der Waals surface area contributed by atoms with Crippen molar-refractivity contribution in [1.29, 1.82) is 0 Å². The minimum atomic E-state index is -0.331. The van der Waals surface area contributed by atoms with Crippen LogP contribution in [0.4, 0.5) is 11.4 Å². The normalized spacial score (nSPS) is 10.3. The second-order valence-electron chi connectivity index (χ2n) is 4.23. The van der Waals surface area contributed by atoms with Gasteiger partial charge in [0.25, 0.3) is 5.91 Å². The Kier molecular flexibility index (Phi) is 4.24. The summed E-state index contributed by atoms with van der Waals surface area (Å²) < 4.78 is 5.34. The number of hydrogen-bond acceptors (Lipinski definition) is 4. The Morgan fingerprint density at radius 3 is 2.60 bits per heavy atom. The van der Waals surface area contributed by atoms with Gasteiger partial charge in [-0.1, -0.05) is 6.92 Å². The fourth-order valence-electron chi connectivity index (χ4n) is 1.82. The summed E-state index contributed by atoms with van der Waals surface area (Å²) >= 11 is 0. The predicted molar refractivity (Wildman–Crippen MR) is 77.9 cm³/mol. The van der Waals surface area contributed by atoms with Gasteiger partial charge in [0.15, 0.2) is 5.69 Å². The molecule has 1 amide bonds. The Balaban J connectivity index is 2.09. The third kappa shape index (κ3) is 2.90. The summed E-state index contributed by atoms with van der Waals surface area (Å²) in [5.41, 5.74) is 7.91. The summed E-state index contributed by atoms with van der Waals surface area (Å²) in [6.45, 7) is 4.47. The summed E-state index contributed by atoms with van der Waals surface area (Å²) in [5.74, 6) is 0.431. The molecule has 0 spiro atoms. The van der Waals surface area contributed by atoms with Gasteiger partial charge in [0.1, 0.15) is 5.75 Å². The molecule has 1 aromatic carbocycles. The predicted octanol–water partition coefficient (Wildman–Crippen LogP) is 2.21. The number of amides is 1. The van der Waals surface area contributed by atoms with Crippen LogP contribution in [-0.4, -0.2) is 22.7 Å². The van der Waals surface area contributed by atoms with E-state index in [1.165, 1.54) is 0 Å². The Morgan fingerprint density at radius 1 is 1.35 bits per heavy atom. The molecule has 1 heterocycles. The van der Waals surface area contributed by atoms with E-state index in [-0.39, 0.29) is 11.6 Å². The zero-order valence-electron chi connectivity index (χ0n) is 11.6. The van der Waals surface area contributed by atoms with Gasteiger partial charge in [-0.2, -0.15) is 5.10 Å². The highest BCUT2D eigenvalue weighted by molar-refractivity contribution is 6.06. The maximum Gasteiger partial charge on any atom is 0.278 e. The molecule has 1 aromatic heterocycles. The molecule has 0 fully saturated rings. The minimum absolute atomic E-state index is 0.218. The van der Waals surface area contributed by atoms with Crippen molar-refractivity contribution in [3.05, 3.63) is 35.7 Å². The van der Waals surface area contributed by atoms with E-state index in [4.69, 9.17) is 10.5 Å². The summed E-state index contributed by atoms with van der Waals surface area (Å²) in [4.78, 5) is 12.1. The molecule has 0 atom stereocenters. The first-order chi connectivity index (χ1) is 9.65. The van der Waals surface area contributed by atoms with Gasteiger partial charge in [0, 0.05) is 5.69 Å². The summed E-state index contributed by atoms with van der Waals surface area (Å²) in [7, 11) is 0. The molecule has 106 valence electrons. The zero-order valence-corrected chi connectivity index (χ0v) is 11.6. The number of aromatic amines is 1. The number of carbonyl (C=O) groups excluding carboxylic acids is 1. The molecule has 0 aliphatic rings. The molecule has 6 heteroatoms. The number of nitrogens with zero attached hydrogens (tertiary/aromatic N) is 1. The van der Waals surface area contributed by atoms with Crippen molar-refractivity contribution < 1.29 is 9.53 Å². The van der Waals surface area contributed by atoms with E-state index in [0.717, 1.165) is 11.4 Å². The molecule has 2 rings (SSSR count). The molecule has 0 aliphatic heterocycles. The number of anilines is 2. The van der Waals surface area contributed by atoms with Gasteiger partial charge in [0.05, 0.1) is 18.0 Å². The second kappa shape index (κ2) is 6.10. The number of aryl methyl sites for hydroxylation is 1. The van der Waals surface area contributed by atoms with E-state index in [1.807, 2.05) is 13.8 Å². The van der Waals surface area contributed by atoms with E-state index in [9.17, 15) is 4.79 Å². The van der Waals surface area contributed by atoms with Crippen molar-refractivity contribution in [3.8, 4) is 5.75 Å². The monoisotopic (exact) mass is 274 g/mol. The van der Waals surface area contributed by atoms with E-state index in [1.54, 1.807) is 24.3 Å². The topological polar surface area (TPSA) is 93.0 Å². The van der Waals surface area contributed by atoms with Crippen LogP contribution in [0.3, 0.4) is 0 Å². The number of nitrogen functional groups attached to an aromatic ring is 1. The molecule has 0 unspecified atom stereocenters. The smallest absolute Gasteiger partial charge is 0.278 e. The van der Waals surface area contributed by atoms with E-state index in [0.29, 0.717) is 24.4 Å². The first-order valence-electron chi connectivity index (χ1n) is 6.52. The van der Waals surface area contributed by atoms with E-state index < -0.39 is 0 Å². The van der Waals surface area contributed by atoms with Gasteiger partial charge in [0.2, 0.25) is 0 Å². The molecule has 4 N–H and O–H groups in total. The maximum atomic E-state index is 12.1. The van der Waals surface area contributed by atoms with E-state index in [2.05, 4.69) is 15.5 Å². The molecule has 0 aliphatic carbocycles. The van der Waals surface area contributed by atoms with Crippen LogP contribution in [0.2, 0.25) is 0 Å². The molecule has 0 saturated carbocycles. The number of nitrogens with one attached hydrogen (secondary N) is 2. The Labute approximate surface area is 117 Å². The highest BCUT2D eigenvalue weighted by Gasteiger charge is 2.16. The van der Waals surface area contributed by atoms with Crippen LogP contribution in [0.15, 0.2) is 24.3 Å². The van der Waals surface area contributed by atoms with Gasteiger partial charge in [-0.15, -0.1) is 0 Å². The minimum Gasteiger partial charge on any atom is -0.494 e. The third-order valence-electron chi connectivity index (χ3n) is 2.87. The average molecular weight is 274 g/mol. The van der Waals surface area contributed by atoms with Crippen molar-refractivity contribution in [3.63, 3.8) is 0 Å². The SMILES string of the molecule is CCOc1ccc(NC(=O)c2n[nH]c(CC)c2N)cc1. The van der Waals surface area contributed by atoms with Crippen LogP contribution in [0.25, 0.3) is 0 Å². The first kappa shape index (κ1) is 13.9. The van der Waals surface area contributed by atoms with Gasteiger partial charge >= 0.3 is 0 Å². The van der Waals surface area contributed by atoms with Gasteiger partial charge < -0.3 is 15.8 Å². The highest BCUT2D eigenvalue weighted by atomic mass is 16.5. The lowest BCUT2D eigenvalue weighted by atomic mass is 10.2. The maximum absolute atomic E-state index is 12.1. The van der Waals surface area contributed by atoms with Crippen molar-refractivity contribution in [2.24, 2.45) is 0 Å². The molecule has 2 aromatic rings. The van der Waals surface area contributed by atoms with Crippen molar-refractivity contribution >= 4 is 17.3 Å². The van der Waals surface area contributed by atoms with Gasteiger partial charge in [-0.3, -0.25) is 9.89 Å². The number of carbonyl (C=O) groups is 1. The zero-order chi connectivity index (χ0) is 14.5. The number of rotatable bonds is 5. The number of ether oxygens (including phenoxy) is 1. The molecule has 6 nitrogen and oxygen atoms in total. The van der Waals surface area contributed by atoms with E-state index >= 15 is 0 Å². The van der Waals surface area contributed by atoms with Crippen LogP contribution in [0.5, 0.6) is 5.75 Å². The lowest BCUT2D eigenvalue weighted by Crippen LogP contribution is -2.14. The van der Waals surface area contributed by atoms with Crippen LogP contribution in [-0.2, 0) is 6.42 Å². The van der Waals surface area contributed by atoms with Gasteiger partial charge in [-0.25, -0.2) is 0 Å². The number of hydrogen-bond donors (Lipinski definition) is 3. The lowest BCUT2D eigenvalue weighted by Gasteiger charge is -2.06. The molecule has 20 heavy (non-hydrogen) atoms. The molecule has 0 bridgehead atoms. The lowest BCUT2D eigenvalue weighted by molar-refractivity contribution is 0.102. The van der Waals surface area contributed by atoms with Crippen molar-refractivity contribution in [2.75, 3.05) is 17.7 Å². The second-order valence-corrected chi connectivity index (χ2v) is 4.23. The summed E-state index contributed by atoms with van der Waals surface area (Å²) in [6.07, 6.45) is 0.704. The fourth-order valence-corrected chi connectivity index (χ4v) is 1.82. The van der Waals surface area contributed by atoms with Crippen LogP contribution < -0.4 is 15.8 Å². The van der Waals surface area contributed by atoms with Crippen LogP contribution in [0, 0.1) is 0 Å². The third-order valence-corrected chi connectivity index (χ3v) is 2.87. The number of aromatic nitrogens is 2. The fraction of sp³-hybridized carbons (Fsp3) is 0.286. The Morgan fingerprint density at radius 2 is 2.05 bits per heavy atom. The quantitative estimate of drug-likeness (QED) is 0.779. The average Bonchev–Trinajstić information content (AvgIpc) is 2.82. The molecular weight excluding hydrogens is 256 g/mol. The first-order valence-corrected chi connectivity index (χ1v) is 6.52. The van der Waals surface area contributed by atoms with Gasteiger partial charge in [-0.05, 0) is 37.6 Å². The summed E-state index contributed by atoms with van der Waals surface area (Å²) in [5, 5.41) is 9.45. The van der Waals surface area contributed by atoms with Crippen molar-refractivity contribution in [1.82, 2.24) is 10.2 Å². The molecular formula is C14H18N4O2. The standard InChI is InChI=1S/C14H18N4O2/c1-3-11-12(15)13(18-17-11)14(19)16-9-5-7-10(8-6-9)20-4-2/h5-8H,3-4,15H2,1-2H3,(H,16,19)(H,17,18). The number of nitrogens with two attached hydrogens (primary N) is 1. The highest BCUT2D eigenvalue weighted by Crippen LogP contribution is 2.19. The van der Waals surface area contributed by atoms with Crippen LogP contribution >= 0.6 is 0 Å². The Bertz CT molecular complexity index is 590. The number of benzene rings is 1. The molecule has 0 radical (unpaired) electrons. The molecule has 0 saturated heterocycles. The number of H-pyrrole nitrogens is 1. The largest absolute Gasteiger partial charge is 0.494 e. The van der Waals surface area contributed by atoms with Crippen LogP contribution in [0.1, 0.15) is 30.0 Å². The Hall–Kier alpha value is -2.50. The summed E-state index contributed by atoms with van der Waals surface area (Å²) in [6, 6.07) is 7.13.